The van der Waals surface area contributed by atoms with Crippen molar-refractivity contribution in [2.24, 2.45) is 0 Å². The molecule has 13 heteroatoms. The molecule has 0 heterocycles. The van der Waals surface area contributed by atoms with Gasteiger partial charge in [-0.05, 0) is 79.9 Å². The van der Waals surface area contributed by atoms with E-state index in [2.05, 4.69) is 5.32 Å². The number of nitrogens with one attached hydrogen (secondary N) is 1. The summed E-state index contributed by atoms with van der Waals surface area (Å²) in [5, 5.41) is 11.3. The van der Waals surface area contributed by atoms with E-state index in [4.69, 9.17) is 26.5 Å². The predicted molar refractivity (Wildman–Crippen MR) is 134 cm³/mol. The van der Waals surface area contributed by atoms with Crippen LogP contribution in [0.5, 0.6) is 0 Å². The number of hydrogen-bond acceptors (Lipinski definition) is 6. The van der Waals surface area contributed by atoms with Gasteiger partial charge in [-0.1, -0.05) is 12.1 Å². The summed E-state index contributed by atoms with van der Waals surface area (Å²) >= 11 is 0. The molecule has 0 bridgehead atoms. The normalized spacial score (nSPS) is 11.3. The minimum absolute atomic E-state index is 0.0632. The number of aryl methyl sites for hydroxylation is 3. The van der Waals surface area contributed by atoms with Gasteiger partial charge >= 0.3 is 5.97 Å². The van der Waals surface area contributed by atoms with Gasteiger partial charge in [-0.25, -0.2) is 26.0 Å². The number of carboxylic acids is 1. The highest BCUT2D eigenvalue weighted by Crippen LogP contribution is 2.21. The minimum atomic E-state index is -3.92. The summed E-state index contributed by atoms with van der Waals surface area (Å²) in [6, 6.07) is 11.9. The molecule has 0 spiro atoms. The lowest BCUT2D eigenvalue weighted by Crippen LogP contribution is -2.14. The van der Waals surface area contributed by atoms with Crippen LogP contribution in [0.3, 0.4) is 0 Å². The van der Waals surface area contributed by atoms with Crippen LogP contribution in [0.25, 0.3) is 0 Å². The highest BCUT2D eigenvalue weighted by atomic mass is 35.7. The van der Waals surface area contributed by atoms with Crippen LogP contribution >= 0.6 is 21.4 Å². The highest BCUT2D eigenvalue weighted by molar-refractivity contribution is 8.14. The zero-order valence-electron chi connectivity index (χ0n) is 19.0. The number of carbonyl (C=O) groups is 2. The minimum Gasteiger partial charge on any atom is -0.478 e. The van der Waals surface area contributed by atoms with E-state index >= 15 is 0 Å². The van der Waals surface area contributed by atoms with Gasteiger partial charge < -0.3 is 10.4 Å². The van der Waals surface area contributed by atoms with Gasteiger partial charge in [0, 0.05) is 32.6 Å². The molecule has 1 amide bonds. The summed E-state index contributed by atoms with van der Waals surface area (Å²) in [5.41, 5.74) is 2.02. The summed E-state index contributed by atoms with van der Waals surface area (Å²) in [6.07, 6.45) is 0. The topological polar surface area (TPSA) is 135 Å². The van der Waals surface area contributed by atoms with Crippen LogP contribution in [0.1, 0.15) is 37.4 Å². The summed E-state index contributed by atoms with van der Waals surface area (Å²) in [7, 11) is 2.57. The maximum absolute atomic E-state index is 13.2. The smallest absolute Gasteiger partial charge is 0.335 e. The van der Waals surface area contributed by atoms with E-state index in [0.29, 0.717) is 22.4 Å². The Balaban J connectivity index is 0.000000281. The van der Waals surface area contributed by atoms with E-state index in [1.165, 1.54) is 48.5 Å². The van der Waals surface area contributed by atoms with Gasteiger partial charge in [0.15, 0.2) is 0 Å². The van der Waals surface area contributed by atoms with Crippen LogP contribution in [0.2, 0.25) is 0 Å². The molecule has 3 rings (SSSR count). The molecule has 0 aliphatic carbocycles. The number of hydrogen-bond donors (Lipinski definition) is 2. The number of benzene rings is 3. The van der Waals surface area contributed by atoms with Crippen molar-refractivity contribution >= 4 is 57.0 Å². The van der Waals surface area contributed by atoms with Crippen LogP contribution in [0.4, 0.5) is 10.1 Å². The number of aromatic carboxylic acids is 1. The molecule has 0 saturated heterocycles. The average molecular weight is 576 g/mol. The first-order valence-electron chi connectivity index (χ1n) is 9.92. The molecule has 0 aliphatic rings. The summed E-state index contributed by atoms with van der Waals surface area (Å²) in [4.78, 5) is 22.6. The fraction of sp³-hybridized carbons (Fsp3) is 0.130. The standard InChI is InChI=1S/C15H13ClFNO3S.C8H7ClO4S/c1-9-3-5-12(22(16,20)21)8-13(9)15(19)18-11-4-6-14(17)10(2)7-11;1-5-2-3-6(14(9,12)13)4-7(5)8(10)11/h3-8H,1-2H3,(H,18,19);2-4H,1H3,(H,10,11). The predicted octanol–water partition coefficient (Wildman–Crippen LogP) is 5.24. The third-order valence-corrected chi connectivity index (χ3v) is 7.58. The van der Waals surface area contributed by atoms with E-state index in [-0.39, 0.29) is 26.7 Å². The molecule has 3 aromatic rings. The maximum Gasteiger partial charge on any atom is 0.335 e. The number of carboxylic acid groups (broad SMARTS) is 1. The van der Waals surface area contributed by atoms with Crippen LogP contribution < -0.4 is 5.32 Å². The zero-order valence-corrected chi connectivity index (χ0v) is 22.2. The van der Waals surface area contributed by atoms with E-state index in [9.17, 15) is 30.8 Å². The molecule has 0 unspecified atom stereocenters. The quantitative estimate of drug-likeness (QED) is 0.397. The molecule has 192 valence electrons. The molecular formula is C23H20Cl2FNO7S2. The van der Waals surface area contributed by atoms with Gasteiger partial charge in [0.1, 0.15) is 5.82 Å². The number of halogens is 3. The van der Waals surface area contributed by atoms with Gasteiger partial charge in [0.25, 0.3) is 24.0 Å². The Morgan fingerprint density at radius 2 is 1.22 bits per heavy atom. The molecular weight excluding hydrogens is 556 g/mol. The molecule has 8 nitrogen and oxygen atoms in total. The van der Waals surface area contributed by atoms with E-state index in [1.54, 1.807) is 20.8 Å². The van der Waals surface area contributed by atoms with Crippen molar-refractivity contribution in [3.05, 3.63) is 88.2 Å². The fourth-order valence-electron chi connectivity index (χ4n) is 2.90. The van der Waals surface area contributed by atoms with Crippen molar-refractivity contribution in [3.63, 3.8) is 0 Å². The SMILES string of the molecule is Cc1cc(NC(=O)c2cc(S(=O)(=O)Cl)ccc2C)ccc1F.Cc1ccc(S(=O)(=O)Cl)cc1C(=O)O. The maximum atomic E-state index is 13.2. The van der Waals surface area contributed by atoms with Crippen LogP contribution in [0.15, 0.2) is 64.4 Å². The molecule has 0 atom stereocenters. The van der Waals surface area contributed by atoms with E-state index in [1.807, 2.05) is 0 Å². The molecule has 0 saturated carbocycles. The lowest BCUT2D eigenvalue weighted by molar-refractivity contribution is 0.0695. The monoisotopic (exact) mass is 575 g/mol. The first-order valence-corrected chi connectivity index (χ1v) is 14.5. The summed E-state index contributed by atoms with van der Waals surface area (Å²) in [5.74, 6) is -2.04. The van der Waals surface area contributed by atoms with Crippen LogP contribution in [-0.4, -0.2) is 33.8 Å². The number of anilines is 1. The van der Waals surface area contributed by atoms with Crippen molar-refractivity contribution < 1.29 is 35.9 Å². The first-order chi connectivity index (χ1) is 16.5. The van der Waals surface area contributed by atoms with Gasteiger partial charge in [-0.2, -0.15) is 0 Å². The molecule has 0 aliphatic heterocycles. The molecule has 36 heavy (non-hydrogen) atoms. The van der Waals surface area contributed by atoms with Gasteiger partial charge in [0.05, 0.1) is 15.4 Å². The van der Waals surface area contributed by atoms with Crippen molar-refractivity contribution in [2.45, 2.75) is 30.6 Å². The zero-order chi connectivity index (χ0) is 27.4. The lowest BCUT2D eigenvalue weighted by Gasteiger charge is -2.09. The Kier molecular flexibility index (Phi) is 9.24. The Labute approximate surface area is 216 Å². The largest absolute Gasteiger partial charge is 0.478 e. The van der Waals surface area contributed by atoms with Crippen molar-refractivity contribution in [1.82, 2.24) is 0 Å². The highest BCUT2D eigenvalue weighted by Gasteiger charge is 2.17. The van der Waals surface area contributed by atoms with E-state index in [0.717, 1.165) is 6.07 Å². The summed E-state index contributed by atoms with van der Waals surface area (Å²) < 4.78 is 57.7. The van der Waals surface area contributed by atoms with Crippen molar-refractivity contribution in [1.29, 1.82) is 0 Å². The second-order valence-corrected chi connectivity index (χ2v) is 12.7. The second-order valence-electron chi connectivity index (χ2n) is 7.55. The average Bonchev–Trinajstić information content (AvgIpc) is 2.75. The molecule has 2 N–H and O–H groups in total. The molecule has 0 radical (unpaired) electrons. The number of rotatable bonds is 5. The van der Waals surface area contributed by atoms with Gasteiger partial charge in [-0.3, -0.25) is 4.79 Å². The summed E-state index contributed by atoms with van der Waals surface area (Å²) in [6.45, 7) is 4.83. The Hall–Kier alpha value is -2.99. The number of amides is 1. The van der Waals surface area contributed by atoms with E-state index < -0.39 is 30.0 Å². The van der Waals surface area contributed by atoms with Gasteiger partial charge in [0.2, 0.25) is 0 Å². The third-order valence-electron chi connectivity index (χ3n) is 4.87. The Morgan fingerprint density at radius 1 is 0.750 bits per heavy atom. The molecule has 3 aromatic carbocycles. The van der Waals surface area contributed by atoms with Crippen molar-refractivity contribution in [2.75, 3.05) is 5.32 Å². The molecule has 0 aromatic heterocycles. The lowest BCUT2D eigenvalue weighted by atomic mass is 10.1. The third kappa shape index (κ3) is 7.76. The van der Waals surface area contributed by atoms with Crippen molar-refractivity contribution in [3.8, 4) is 0 Å². The Bertz CT molecular complexity index is 1560. The second kappa shape index (κ2) is 11.4. The first kappa shape index (κ1) is 29.2. The van der Waals surface area contributed by atoms with Crippen LogP contribution in [0, 0.1) is 26.6 Å². The number of carbonyl (C=O) groups excluding carboxylic acids is 1. The molecule has 0 fully saturated rings. The fourth-order valence-corrected chi connectivity index (χ4v) is 4.46. The Morgan fingerprint density at radius 3 is 1.67 bits per heavy atom. The van der Waals surface area contributed by atoms with Gasteiger partial charge in [-0.15, -0.1) is 0 Å². The van der Waals surface area contributed by atoms with Crippen LogP contribution in [-0.2, 0) is 18.1 Å².